The number of oxazole rings is 1. The SMILES string of the molecule is Cc1cc(C(=O)N2CCN(c3nc4nc(Cl)ccc4o3)CC2)ccc1-c1nnc(CC(C)C)o1. The van der Waals surface area contributed by atoms with Crippen LogP contribution >= 0.6 is 11.6 Å². The smallest absolute Gasteiger partial charge is 0.300 e. The lowest BCUT2D eigenvalue weighted by Crippen LogP contribution is -2.48. The Morgan fingerprint density at radius 1 is 1.06 bits per heavy atom. The Hall–Kier alpha value is -3.46. The minimum Gasteiger partial charge on any atom is -0.422 e. The molecule has 10 heteroatoms. The summed E-state index contributed by atoms with van der Waals surface area (Å²) in [5, 5.41) is 8.69. The third kappa shape index (κ3) is 4.48. The third-order valence-corrected chi connectivity index (χ3v) is 6.01. The molecule has 0 bridgehead atoms. The summed E-state index contributed by atoms with van der Waals surface area (Å²) in [6.07, 6.45) is 0.738. The van der Waals surface area contributed by atoms with Gasteiger partial charge >= 0.3 is 0 Å². The molecule has 3 aromatic heterocycles. The number of fused-ring (bicyclic) bond motifs is 1. The second kappa shape index (κ2) is 9.06. The van der Waals surface area contributed by atoms with E-state index in [9.17, 15) is 4.79 Å². The van der Waals surface area contributed by atoms with Crippen molar-refractivity contribution in [1.29, 1.82) is 0 Å². The Bertz CT molecular complexity index is 1340. The van der Waals surface area contributed by atoms with Crippen LogP contribution in [0.15, 0.2) is 39.2 Å². The fourth-order valence-electron chi connectivity index (χ4n) is 4.03. The van der Waals surface area contributed by atoms with Crippen LogP contribution in [0.2, 0.25) is 5.15 Å². The first kappa shape index (κ1) is 22.3. The van der Waals surface area contributed by atoms with Crippen molar-refractivity contribution in [3.8, 4) is 11.5 Å². The van der Waals surface area contributed by atoms with Crippen LogP contribution in [0, 0.1) is 12.8 Å². The van der Waals surface area contributed by atoms with Gasteiger partial charge in [-0.2, -0.15) is 4.98 Å². The number of hydrogen-bond acceptors (Lipinski definition) is 8. The molecule has 1 saturated heterocycles. The van der Waals surface area contributed by atoms with E-state index in [1.54, 1.807) is 12.1 Å². The predicted molar refractivity (Wildman–Crippen MR) is 128 cm³/mol. The van der Waals surface area contributed by atoms with Crippen LogP contribution in [0.25, 0.3) is 22.7 Å². The van der Waals surface area contributed by atoms with Crippen LogP contribution in [-0.2, 0) is 6.42 Å². The third-order valence-electron chi connectivity index (χ3n) is 5.80. The molecule has 0 aliphatic carbocycles. The van der Waals surface area contributed by atoms with E-state index < -0.39 is 0 Å². The minimum absolute atomic E-state index is 0.00802. The van der Waals surface area contributed by atoms with Gasteiger partial charge in [-0.15, -0.1) is 10.2 Å². The molecule has 1 amide bonds. The molecule has 0 atom stereocenters. The van der Waals surface area contributed by atoms with Crippen LogP contribution in [0.3, 0.4) is 0 Å². The highest BCUT2D eigenvalue weighted by atomic mass is 35.5. The van der Waals surface area contributed by atoms with Crippen molar-refractivity contribution in [2.24, 2.45) is 5.92 Å². The van der Waals surface area contributed by atoms with E-state index >= 15 is 0 Å². The van der Waals surface area contributed by atoms with Crippen molar-refractivity contribution < 1.29 is 13.6 Å². The molecule has 1 fully saturated rings. The fourth-order valence-corrected chi connectivity index (χ4v) is 4.18. The molecule has 0 unspecified atom stereocenters. The maximum absolute atomic E-state index is 13.1. The molecule has 0 spiro atoms. The van der Waals surface area contributed by atoms with Gasteiger partial charge in [0.05, 0.1) is 0 Å². The molecule has 0 radical (unpaired) electrons. The van der Waals surface area contributed by atoms with Gasteiger partial charge in [-0.05, 0) is 48.7 Å². The number of piperazine rings is 1. The van der Waals surface area contributed by atoms with Gasteiger partial charge in [-0.1, -0.05) is 25.4 Å². The maximum Gasteiger partial charge on any atom is 0.300 e. The highest BCUT2D eigenvalue weighted by molar-refractivity contribution is 6.29. The number of hydrogen-bond donors (Lipinski definition) is 0. The topological polar surface area (TPSA) is 101 Å². The standard InChI is InChI=1S/C24H25ClN6O3/c1-14(2)12-20-28-29-22(34-20)17-5-4-16(13-15(17)3)23(32)30-8-10-31(11-9-30)24-27-21-18(33-24)6-7-19(25)26-21/h4-7,13-14H,8-12H2,1-3H3. The number of rotatable bonds is 5. The van der Waals surface area contributed by atoms with Crippen molar-refractivity contribution in [3.05, 3.63) is 52.5 Å². The van der Waals surface area contributed by atoms with Crippen LogP contribution < -0.4 is 4.90 Å². The predicted octanol–water partition coefficient (Wildman–Crippen LogP) is 4.40. The molecule has 176 valence electrons. The number of benzene rings is 1. The van der Waals surface area contributed by atoms with Crippen molar-refractivity contribution in [3.63, 3.8) is 0 Å². The molecule has 34 heavy (non-hydrogen) atoms. The Labute approximate surface area is 201 Å². The molecule has 0 saturated carbocycles. The van der Waals surface area contributed by atoms with Crippen LogP contribution in [0.4, 0.5) is 6.01 Å². The normalized spacial score (nSPS) is 14.4. The molecule has 4 aromatic rings. The van der Waals surface area contributed by atoms with Crippen molar-refractivity contribution in [2.75, 3.05) is 31.1 Å². The Morgan fingerprint density at radius 3 is 2.59 bits per heavy atom. The lowest BCUT2D eigenvalue weighted by atomic mass is 10.0. The Balaban J connectivity index is 1.25. The molecule has 4 heterocycles. The molecular formula is C24H25ClN6O3. The zero-order chi connectivity index (χ0) is 23.8. The summed E-state index contributed by atoms with van der Waals surface area (Å²) in [4.78, 5) is 25.6. The molecule has 0 N–H and O–H groups in total. The summed E-state index contributed by atoms with van der Waals surface area (Å²) in [7, 11) is 0. The average molecular weight is 481 g/mol. The zero-order valence-corrected chi connectivity index (χ0v) is 20.0. The largest absolute Gasteiger partial charge is 0.422 e. The van der Waals surface area contributed by atoms with Gasteiger partial charge < -0.3 is 18.6 Å². The summed E-state index contributed by atoms with van der Waals surface area (Å²) in [5.41, 5.74) is 3.47. The first-order chi connectivity index (χ1) is 16.4. The number of pyridine rings is 1. The zero-order valence-electron chi connectivity index (χ0n) is 19.3. The minimum atomic E-state index is -0.00802. The molecule has 1 aliphatic heterocycles. The monoisotopic (exact) mass is 480 g/mol. The van der Waals surface area contributed by atoms with Gasteiger partial charge in [0.25, 0.3) is 11.9 Å². The number of aromatic nitrogens is 4. The van der Waals surface area contributed by atoms with Gasteiger partial charge in [0.1, 0.15) is 5.15 Å². The van der Waals surface area contributed by atoms with Crippen LogP contribution in [0.1, 0.15) is 35.7 Å². The Morgan fingerprint density at radius 2 is 1.85 bits per heavy atom. The summed E-state index contributed by atoms with van der Waals surface area (Å²) in [6, 6.07) is 9.50. The van der Waals surface area contributed by atoms with E-state index in [1.807, 2.05) is 34.9 Å². The second-order valence-corrected chi connectivity index (χ2v) is 9.25. The highest BCUT2D eigenvalue weighted by Crippen LogP contribution is 2.26. The molecule has 1 aliphatic rings. The molecule has 1 aromatic carbocycles. The van der Waals surface area contributed by atoms with Crippen LogP contribution in [0.5, 0.6) is 0 Å². The summed E-state index contributed by atoms with van der Waals surface area (Å²) in [6.45, 7) is 8.52. The van der Waals surface area contributed by atoms with Gasteiger partial charge in [0, 0.05) is 43.7 Å². The Kier molecular flexibility index (Phi) is 5.95. The van der Waals surface area contributed by atoms with Crippen molar-refractivity contribution in [2.45, 2.75) is 27.2 Å². The number of carbonyl (C=O) groups excluding carboxylic acids is 1. The average Bonchev–Trinajstić information content (AvgIpc) is 3.45. The second-order valence-electron chi connectivity index (χ2n) is 8.86. The first-order valence-corrected chi connectivity index (χ1v) is 11.7. The first-order valence-electron chi connectivity index (χ1n) is 11.3. The lowest BCUT2D eigenvalue weighted by Gasteiger charge is -2.33. The number of aryl methyl sites for hydroxylation is 1. The number of amides is 1. The number of carbonyl (C=O) groups is 1. The number of halogens is 1. The van der Waals surface area contributed by atoms with E-state index in [-0.39, 0.29) is 5.91 Å². The highest BCUT2D eigenvalue weighted by Gasteiger charge is 2.25. The molecular weight excluding hydrogens is 456 g/mol. The van der Waals surface area contributed by atoms with E-state index in [4.69, 9.17) is 20.4 Å². The van der Waals surface area contributed by atoms with E-state index in [1.165, 1.54) is 0 Å². The molecule has 9 nitrogen and oxygen atoms in total. The van der Waals surface area contributed by atoms with Crippen LogP contribution in [-0.4, -0.2) is 57.2 Å². The van der Waals surface area contributed by atoms with E-state index in [0.29, 0.717) is 71.8 Å². The molecule has 5 rings (SSSR count). The van der Waals surface area contributed by atoms with Gasteiger partial charge in [-0.3, -0.25) is 4.79 Å². The lowest BCUT2D eigenvalue weighted by molar-refractivity contribution is 0.0745. The number of anilines is 1. The maximum atomic E-state index is 13.1. The fraction of sp³-hybridized carbons (Fsp3) is 0.375. The van der Waals surface area contributed by atoms with Gasteiger partial charge in [0.2, 0.25) is 17.4 Å². The van der Waals surface area contributed by atoms with Gasteiger partial charge in [0.15, 0.2) is 5.58 Å². The van der Waals surface area contributed by atoms with E-state index in [0.717, 1.165) is 17.5 Å². The summed E-state index contributed by atoms with van der Waals surface area (Å²) in [5.74, 6) is 1.54. The quantitative estimate of drug-likeness (QED) is 0.387. The summed E-state index contributed by atoms with van der Waals surface area (Å²) < 4.78 is 11.6. The van der Waals surface area contributed by atoms with Crippen molar-refractivity contribution >= 4 is 34.8 Å². The summed E-state index contributed by atoms with van der Waals surface area (Å²) >= 11 is 5.94. The van der Waals surface area contributed by atoms with E-state index in [2.05, 4.69) is 34.0 Å². The van der Waals surface area contributed by atoms with Gasteiger partial charge in [-0.25, -0.2) is 4.98 Å². The van der Waals surface area contributed by atoms with Crippen molar-refractivity contribution in [1.82, 2.24) is 25.1 Å². The number of nitrogens with zero attached hydrogens (tertiary/aromatic N) is 6.